The van der Waals surface area contributed by atoms with Crippen LogP contribution in [-0.4, -0.2) is 45.6 Å². The first kappa shape index (κ1) is 13.2. The van der Waals surface area contributed by atoms with Crippen LogP contribution in [0.3, 0.4) is 0 Å². The Kier molecular flexibility index (Phi) is 4.11. The van der Waals surface area contributed by atoms with E-state index in [-0.39, 0.29) is 6.04 Å². The number of amides is 1. The van der Waals surface area contributed by atoms with Crippen molar-refractivity contribution in [1.29, 1.82) is 0 Å². The zero-order valence-corrected chi connectivity index (χ0v) is 11.8. The lowest BCUT2D eigenvalue weighted by Gasteiger charge is -2.29. The minimum Gasteiger partial charge on any atom is -0.476 e. The van der Waals surface area contributed by atoms with E-state index in [0.717, 1.165) is 17.3 Å². The summed E-state index contributed by atoms with van der Waals surface area (Å²) in [6, 6.07) is 0.242. The first-order valence-corrected chi connectivity index (χ1v) is 6.76. The molecule has 1 aromatic rings. The molecule has 1 aromatic heterocycles. The van der Waals surface area contributed by atoms with Crippen molar-refractivity contribution in [1.82, 2.24) is 14.7 Å². The normalized spacial score (nSPS) is 16.9. The second kappa shape index (κ2) is 5.60. The van der Waals surface area contributed by atoms with E-state index in [9.17, 15) is 4.79 Å². The smallest absolute Gasteiger partial charge is 0.407 e. The van der Waals surface area contributed by atoms with Crippen LogP contribution in [-0.2, 0) is 0 Å². The minimum absolute atomic E-state index is 0.242. The fraction of sp³-hybridized carbons (Fsp3) is 0.636. The van der Waals surface area contributed by atoms with Crippen LogP contribution in [0.25, 0.3) is 0 Å². The zero-order valence-electron chi connectivity index (χ0n) is 10.2. The van der Waals surface area contributed by atoms with Gasteiger partial charge in [-0.05, 0) is 35.7 Å². The van der Waals surface area contributed by atoms with Crippen LogP contribution >= 0.6 is 15.9 Å². The van der Waals surface area contributed by atoms with Gasteiger partial charge in [-0.25, -0.2) is 4.79 Å². The van der Waals surface area contributed by atoms with Crippen molar-refractivity contribution in [3.63, 3.8) is 0 Å². The molecule has 6 nitrogen and oxygen atoms in total. The number of hydrogen-bond acceptors (Lipinski definition) is 3. The third kappa shape index (κ3) is 2.77. The number of ether oxygens (including phenoxy) is 1. The lowest BCUT2D eigenvalue weighted by Crippen LogP contribution is -2.38. The first-order valence-electron chi connectivity index (χ1n) is 5.97. The molecule has 0 radical (unpaired) electrons. The van der Waals surface area contributed by atoms with Crippen molar-refractivity contribution in [3.8, 4) is 5.88 Å². The molecule has 0 aliphatic carbocycles. The molecule has 0 saturated carbocycles. The molecule has 0 atom stereocenters. The summed E-state index contributed by atoms with van der Waals surface area (Å²) in [6.07, 6.45) is 2.62. The van der Waals surface area contributed by atoms with Gasteiger partial charge in [0, 0.05) is 19.3 Å². The monoisotopic (exact) mass is 317 g/mol. The molecular formula is C11H16BrN3O3. The lowest BCUT2D eigenvalue weighted by molar-refractivity contribution is 0.123. The van der Waals surface area contributed by atoms with Gasteiger partial charge in [-0.15, -0.1) is 5.10 Å². The van der Waals surface area contributed by atoms with Gasteiger partial charge >= 0.3 is 6.09 Å². The van der Waals surface area contributed by atoms with Crippen molar-refractivity contribution >= 4 is 22.0 Å². The fourth-order valence-electron chi connectivity index (χ4n) is 2.10. The number of piperidine rings is 1. The largest absolute Gasteiger partial charge is 0.476 e. The van der Waals surface area contributed by atoms with E-state index in [0.29, 0.717) is 25.6 Å². The molecule has 0 spiro atoms. The Morgan fingerprint density at radius 1 is 1.61 bits per heavy atom. The topological polar surface area (TPSA) is 67.6 Å². The average molecular weight is 318 g/mol. The van der Waals surface area contributed by atoms with Gasteiger partial charge in [-0.1, -0.05) is 0 Å². The number of carbonyl (C=O) groups is 1. The van der Waals surface area contributed by atoms with Crippen LogP contribution < -0.4 is 4.74 Å². The molecule has 0 unspecified atom stereocenters. The van der Waals surface area contributed by atoms with Crippen LogP contribution in [0, 0.1) is 0 Å². The third-order valence-electron chi connectivity index (χ3n) is 3.05. The Bertz CT molecular complexity index is 427. The number of nitrogens with zero attached hydrogens (tertiary/aromatic N) is 3. The van der Waals surface area contributed by atoms with E-state index in [4.69, 9.17) is 9.84 Å². The molecule has 1 saturated heterocycles. The van der Waals surface area contributed by atoms with Crippen LogP contribution in [0.1, 0.15) is 25.8 Å². The summed E-state index contributed by atoms with van der Waals surface area (Å²) in [5, 5.41) is 13.3. The second-order valence-electron chi connectivity index (χ2n) is 4.20. The summed E-state index contributed by atoms with van der Waals surface area (Å²) >= 11 is 3.41. The van der Waals surface area contributed by atoms with Crippen molar-refractivity contribution in [3.05, 3.63) is 10.7 Å². The van der Waals surface area contributed by atoms with E-state index < -0.39 is 6.09 Å². The lowest BCUT2D eigenvalue weighted by atomic mass is 10.1. The van der Waals surface area contributed by atoms with Gasteiger partial charge in [0.25, 0.3) is 0 Å². The second-order valence-corrected chi connectivity index (χ2v) is 5.05. The number of likely N-dealkylation sites (tertiary alicyclic amines) is 1. The summed E-state index contributed by atoms with van der Waals surface area (Å²) in [4.78, 5) is 12.3. The summed E-state index contributed by atoms with van der Waals surface area (Å²) in [5.74, 6) is 0.596. The maximum absolute atomic E-state index is 10.8. The summed E-state index contributed by atoms with van der Waals surface area (Å²) in [7, 11) is 0. The Balaban J connectivity index is 2.01. The van der Waals surface area contributed by atoms with Gasteiger partial charge in [0.2, 0.25) is 5.88 Å². The maximum atomic E-state index is 10.8. The van der Waals surface area contributed by atoms with E-state index in [1.807, 2.05) is 17.8 Å². The first-order chi connectivity index (χ1) is 8.61. The van der Waals surface area contributed by atoms with Gasteiger partial charge in [-0.2, -0.15) is 0 Å². The highest BCUT2D eigenvalue weighted by molar-refractivity contribution is 9.10. The molecule has 1 N–H and O–H groups in total. The van der Waals surface area contributed by atoms with Crippen LogP contribution in [0.15, 0.2) is 10.7 Å². The van der Waals surface area contributed by atoms with E-state index in [1.54, 1.807) is 0 Å². The maximum Gasteiger partial charge on any atom is 0.407 e. The molecule has 1 aliphatic heterocycles. The molecule has 100 valence electrons. The van der Waals surface area contributed by atoms with Crippen molar-refractivity contribution in [2.45, 2.75) is 25.8 Å². The highest BCUT2D eigenvalue weighted by Gasteiger charge is 2.24. The van der Waals surface area contributed by atoms with Crippen LogP contribution in [0.2, 0.25) is 0 Å². The molecule has 0 aromatic carbocycles. The fourth-order valence-corrected chi connectivity index (χ4v) is 2.50. The molecule has 2 rings (SSSR count). The highest BCUT2D eigenvalue weighted by Crippen LogP contribution is 2.28. The molecule has 0 bridgehead atoms. The van der Waals surface area contributed by atoms with Crippen LogP contribution in [0.4, 0.5) is 4.79 Å². The van der Waals surface area contributed by atoms with Gasteiger partial charge in [0.05, 0.1) is 17.1 Å². The SMILES string of the molecule is CCOc1nn(C2CCN(C(=O)O)CC2)cc1Br. The van der Waals surface area contributed by atoms with Crippen molar-refractivity contribution in [2.24, 2.45) is 0 Å². The predicted octanol–water partition coefficient (Wildman–Crippen LogP) is 2.36. The van der Waals surface area contributed by atoms with Crippen molar-refractivity contribution in [2.75, 3.05) is 19.7 Å². The quantitative estimate of drug-likeness (QED) is 0.929. The predicted molar refractivity (Wildman–Crippen MR) is 69.0 cm³/mol. The number of aromatic nitrogens is 2. The zero-order chi connectivity index (χ0) is 13.1. The number of halogens is 1. The van der Waals surface area contributed by atoms with E-state index in [2.05, 4.69) is 21.0 Å². The van der Waals surface area contributed by atoms with E-state index in [1.165, 1.54) is 4.90 Å². The van der Waals surface area contributed by atoms with Gasteiger partial charge in [0.1, 0.15) is 0 Å². The molecule has 1 fully saturated rings. The van der Waals surface area contributed by atoms with Crippen LogP contribution in [0.5, 0.6) is 5.88 Å². The molecular weight excluding hydrogens is 302 g/mol. The molecule has 1 amide bonds. The molecule has 18 heavy (non-hydrogen) atoms. The third-order valence-corrected chi connectivity index (χ3v) is 3.59. The summed E-state index contributed by atoms with van der Waals surface area (Å²) in [6.45, 7) is 3.60. The average Bonchev–Trinajstić information content (AvgIpc) is 2.72. The Morgan fingerprint density at radius 3 is 2.83 bits per heavy atom. The Labute approximate surface area is 114 Å². The molecule has 2 heterocycles. The summed E-state index contributed by atoms with van der Waals surface area (Å²) in [5.41, 5.74) is 0. The number of carboxylic acid groups (broad SMARTS) is 1. The van der Waals surface area contributed by atoms with Gasteiger partial charge in [0.15, 0.2) is 0 Å². The molecule has 7 heteroatoms. The number of hydrogen-bond donors (Lipinski definition) is 1. The van der Waals surface area contributed by atoms with Crippen molar-refractivity contribution < 1.29 is 14.6 Å². The van der Waals surface area contributed by atoms with E-state index >= 15 is 0 Å². The Morgan fingerprint density at radius 2 is 2.28 bits per heavy atom. The summed E-state index contributed by atoms with van der Waals surface area (Å²) < 4.78 is 8.09. The van der Waals surface area contributed by atoms with Gasteiger partial charge in [-0.3, -0.25) is 4.68 Å². The van der Waals surface area contributed by atoms with Gasteiger partial charge < -0.3 is 14.7 Å². The molecule has 1 aliphatic rings. The minimum atomic E-state index is -0.842. The Hall–Kier alpha value is -1.24. The standard InChI is InChI=1S/C11H16BrN3O3/c1-2-18-10-9(12)7-15(13-10)8-3-5-14(6-4-8)11(16)17/h7-8H,2-6H2,1H3,(H,16,17). The number of rotatable bonds is 3. The highest BCUT2D eigenvalue weighted by atomic mass is 79.9.